The third-order valence-corrected chi connectivity index (χ3v) is 9.73. The summed E-state index contributed by atoms with van der Waals surface area (Å²) in [6.45, 7) is 3.95. The number of nitrogens with zero attached hydrogens (tertiary/aromatic N) is 3. The summed E-state index contributed by atoms with van der Waals surface area (Å²) in [5.74, 6) is -1.97. The molecule has 0 radical (unpaired) electrons. The van der Waals surface area contributed by atoms with Gasteiger partial charge in [0.1, 0.15) is 17.9 Å². The fourth-order valence-electron chi connectivity index (χ4n) is 7.03. The first-order chi connectivity index (χ1) is 23.6. The summed E-state index contributed by atoms with van der Waals surface area (Å²) in [5, 5.41) is 19.5. The van der Waals surface area contributed by atoms with Crippen molar-refractivity contribution in [1.82, 2.24) is 35.5 Å². The van der Waals surface area contributed by atoms with Gasteiger partial charge in [-0.15, -0.1) is 0 Å². The largest absolute Gasteiger partial charge is 0.453 e. The minimum atomic E-state index is -3.04. The number of aliphatic hydroxyl groups excluding tert-OH is 1. The smallest absolute Gasteiger partial charge is 0.407 e. The summed E-state index contributed by atoms with van der Waals surface area (Å²) in [5.41, 5.74) is 5.75. The third-order valence-electron chi connectivity index (χ3n) is 9.73. The molecule has 3 aromatic carbocycles. The number of methoxy groups -OCH3 is 1. The van der Waals surface area contributed by atoms with Crippen LogP contribution in [0.5, 0.6) is 0 Å². The second-order valence-corrected chi connectivity index (χ2v) is 13.4. The van der Waals surface area contributed by atoms with E-state index in [1.54, 1.807) is 20.0 Å². The Bertz CT molecular complexity index is 1930. The first-order valence-corrected chi connectivity index (χ1v) is 16.7. The lowest BCUT2D eigenvalue weighted by Crippen LogP contribution is -2.54. The van der Waals surface area contributed by atoms with Crippen LogP contribution in [0, 0.1) is 5.92 Å². The Morgan fingerprint density at radius 2 is 1.55 bits per heavy atom. The number of nitrogens with one attached hydrogen (secondary N) is 4. The lowest BCUT2D eigenvalue weighted by Gasteiger charge is -2.35. The van der Waals surface area contributed by atoms with Crippen LogP contribution in [0.4, 0.5) is 13.6 Å². The number of carbonyl (C=O) groups excluding carboxylic acids is 1. The number of ether oxygens (including phenoxy) is 1. The number of aromatic amines is 2. The summed E-state index contributed by atoms with van der Waals surface area (Å²) >= 11 is 0. The molecule has 49 heavy (non-hydrogen) atoms. The monoisotopic (exact) mass is 669 g/mol. The number of aliphatic hydroxyl groups is 1. The van der Waals surface area contributed by atoms with E-state index >= 15 is 0 Å². The van der Waals surface area contributed by atoms with E-state index in [0.29, 0.717) is 17.6 Å². The summed E-state index contributed by atoms with van der Waals surface area (Å²) in [4.78, 5) is 29.0. The van der Waals surface area contributed by atoms with Crippen LogP contribution < -0.4 is 10.6 Å². The van der Waals surface area contributed by atoms with Crippen LogP contribution in [-0.4, -0.2) is 74.4 Å². The van der Waals surface area contributed by atoms with Gasteiger partial charge in [-0.2, -0.15) is 0 Å². The lowest BCUT2D eigenvalue weighted by atomic mass is 9.98. The van der Waals surface area contributed by atoms with Crippen molar-refractivity contribution in [3.63, 3.8) is 0 Å². The molecule has 5 N–H and O–H groups in total. The van der Waals surface area contributed by atoms with Crippen molar-refractivity contribution in [2.75, 3.05) is 20.2 Å². The van der Waals surface area contributed by atoms with E-state index in [1.807, 2.05) is 30.5 Å². The molecule has 1 amide bonds. The molecular weight excluding hydrogens is 628 g/mol. The van der Waals surface area contributed by atoms with Crippen molar-refractivity contribution in [3.8, 4) is 33.6 Å². The second kappa shape index (κ2) is 13.3. The SMILES string of the molecule is COC(=O)NC(C(C)C)C(O)N1CC(F)(F)CC1c1ncc(-c2ccc(-c3ccc4cc(-c5cnc(C6CCCN6)[nH]5)ccc4c3)cc2)[nH]1. The zero-order valence-electron chi connectivity index (χ0n) is 27.7. The molecule has 5 aromatic rings. The molecule has 0 saturated carbocycles. The van der Waals surface area contributed by atoms with Crippen molar-refractivity contribution in [2.45, 2.75) is 63.4 Å². The Morgan fingerprint density at radius 3 is 2.22 bits per heavy atom. The molecule has 2 aromatic heterocycles. The van der Waals surface area contributed by atoms with E-state index in [-0.39, 0.29) is 5.92 Å². The van der Waals surface area contributed by atoms with Crippen LogP contribution in [-0.2, 0) is 4.74 Å². The van der Waals surface area contributed by atoms with Gasteiger partial charge < -0.3 is 30.4 Å². The van der Waals surface area contributed by atoms with Gasteiger partial charge >= 0.3 is 6.09 Å². The van der Waals surface area contributed by atoms with Crippen LogP contribution in [0.15, 0.2) is 73.1 Å². The molecule has 4 atom stereocenters. The van der Waals surface area contributed by atoms with Crippen molar-refractivity contribution < 1.29 is 23.4 Å². The van der Waals surface area contributed by atoms with Crippen LogP contribution in [0.3, 0.4) is 0 Å². The zero-order chi connectivity index (χ0) is 34.3. The number of likely N-dealkylation sites (tertiary alicyclic amines) is 1. The highest BCUT2D eigenvalue weighted by atomic mass is 19.3. The summed E-state index contributed by atoms with van der Waals surface area (Å²) in [7, 11) is 1.21. The highest BCUT2D eigenvalue weighted by Gasteiger charge is 2.50. The molecule has 2 aliphatic heterocycles. The summed E-state index contributed by atoms with van der Waals surface area (Å²) < 4.78 is 34.2. The number of hydrogen-bond acceptors (Lipinski definition) is 7. The Hall–Kier alpha value is -4.65. The number of alkyl halides is 2. The molecule has 0 spiro atoms. The van der Waals surface area contributed by atoms with Gasteiger partial charge in [-0.25, -0.2) is 23.5 Å². The fraction of sp³-hybridized carbons (Fsp3) is 0.378. The van der Waals surface area contributed by atoms with Gasteiger partial charge in [-0.1, -0.05) is 62.4 Å². The Morgan fingerprint density at radius 1 is 0.939 bits per heavy atom. The van der Waals surface area contributed by atoms with E-state index in [0.717, 1.165) is 57.5 Å². The number of carbonyl (C=O) groups is 1. The Labute approximate surface area is 283 Å². The molecule has 10 nitrogen and oxygen atoms in total. The molecule has 2 fully saturated rings. The predicted molar refractivity (Wildman–Crippen MR) is 184 cm³/mol. The van der Waals surface area contributed by atoms with Gasteiger partial charge in [0.2, 0.25) is 0 Å². The maximum Gasteiger partial charge on any atom is 0.407 e. The molecule has 7 rings (SSSR count). The number of rotatable bonds is 9. The number of amides is 1. The highest BCUT2D eigenvalue weighted by Crippen LogP contribution is 2.42. The maximum absolute atomic E-state index is 14.8. The molecule has 4 heterocycles. The summed E-state index contributed by atoms with van der Waals surface area (Å²) in [6.07, 6.45) is 3.17. The van der Waals surface area contributed by atoms with Gasteiger partial charge in [0.25, 0.3) is 5.92 Å². The van der Waals surface area contributed by atoms with Crippen molar-refractivity contribution in [2.24, 2.45) is 5.92 Å². The fourth-order valence-corrected chi connectivity index (χ4v) is 7.03. The second-order valence-electron chi connectivity index (χ2n) is 13.4. The van der Waals surface area contributed by atoms with E-state index in [9.17, 15) is 18.7 Å². The minimum Gasteiger partial charge on any atom is -0.453 e. The molecular formula is C37H41F2N7O3. The zero-order valence-corrected chi connectivity index (χ0v) is 27.7. The Kier molecular flexibility index (Phi) is 8.95. The van der Waals surface area contributed by atoms with Crippen LogP contribution in [0.25, 0.3) is 44.4 Å². The van der Waals surface area contributed by atoms with Gasteiger partial charge in [-0.05, 0) is 64.9 Å². The average Bonchev–Trinajstić information content (AvgIpc) is 3.93. The molecule has 256 valence electrons. The normalized spacial score (nSPS) is 20.6. The topological polar surface area (TPSA) is 131 Å². The van der Waals surface area contributed by atoms with Crippen molar-refractivity contribution in [1.29, 1.82) is 0 Å². The molecule has 0 aliphatic carbocycles. The number of benzene rings is 3. The van der Waals surface area contributed by atoms with Crippen LogP contribution in [0.2, 0.25) is 0 Å². The first kappa shape index (κ1) is 32.9. The van der Waals surface area contributed by atoms with E-state index in [2.05, 4.69) is 71.7 Å². The van der Waals surface area contributed by atoms with E-state index in [1.165, 1.54) is 18.4 Å². The Balaban J connectivity index is 1.07. The first-order valence-electron chi connectivity index (χ1n) is 16.7. The number of imidazole rings is 2. The number of H-pyrrole nitrogens is 2. The standard InChI is InChI=1S/C37H41F2N7O3/c1-21(2)32(45-36(48)49-3)35(47)46-20-37(38,39)17-31(46)34-42-18-29(44-34)23-8-6-22(7-9-23)24-10-11-26-16-27(13-12-25(26)15-24)30-19-41-33(43-30)28-5-4-14-40-28/h6-13,15-16,18-19,21,28,31-32,35,40,47H,4-5,14,17,20H2,1-3H3,(H,41,43)(H,42,44)(H,45,48). The number of alkyl carbamates (subject to hydrolysis) is 1. The molecule has 0 bridgehead atoms. The molecule has 4 unspecified atom stereocenters. The number of fused-ring (bicyclic) bond motifs is 1. The maximum atomic E-state index is 14.8. The quantitative estimate of drug-likeness (QED) is 0.117. The summed E-state index contributed by atoms with van der Waals surface area (Å²) in [6, 6.07) is 19.4. The molecule has 2 aliphatic rings. The lowest BCUT2D eigenvalue weighted by molar-refractivity contribution is -0.0616. The van der Waals surface area contributed by atoms with Gasteiger partial charge in [0, 0.05) is 12.0 Å². The van der Waals surface area contributed by atoms with Gasteiger partial charge in [0.05, 0.1) is 55.6 Å². The molecule has 12 heteroatoms. The minimum absolute atomic E-state index is 0.246. The average molecular weight is 670 g/mol. The third kappa shape index (κ3) is 6.81. The van der Waals surface area contributed by atoms with Crippen LogP contribution >= 0.6 is 0 Å². The highest BCUT2D eigenvalue weighted by molar-refractivity contribution is 5.90. The van der Waals surface area contributed by atoms with E-state index in [4.69, 9.17) is 0 Å². The van der Waals surface area contributed by atoms with Crippen LogP contribution in [0.1, 0.15) is 56.8 Å². The number of hydrogen-bond donors (Lipinski definition) is 5. The number of aromatic nitrogens is 4. The van der Waals surface area contributed by atoms with Gasteiger partial charge in [-0.3, -0.25) is 4.90 Å². The van der Waals surface area contributed by atoms with E-state index < -0.39 is 43.3 Å². The van der Waals surface area contributed by atoms with Crippen molar-refractivity contribution in [3.05, 3.63) is 84.7 Å². The van der Waals surface area contributed by atoms with Gasteiger partial charge in [0.15, 0.2) is 0 Å². The van der Waals surface area contributed by atoms with Crippen molar-refractivity contribution >= 4 is 16.9 Å². The number of halogens is 2. The predicted octanol–water partition coefficient (Wildman–Crippen LogP) is 6.79. The molecule has 2 saturated heterocycles.